The molecule has 2 aromatic carbocycles. The van der Waals surface area contributed by atoms with Crippen LogP contribution in [-0.2, 0) is 0 Å². The summed E-state index contributed by atoms with van der Waals surface area (Å²) >= 11 is 6.07. The molecule has 6 heteroatoms. The second kappa shape index (κ2) is 8.48. The summed E-state index contributed by atoms with van der Waals surface area (Å²) in [4.78, 5) is 9.36. The summed E-state index contributed by atoms with van der Waals surface area (Å²) in [6, 6.07) is 17.2. The summed E-state index contributed by atoms with van der Waals surface area (Å²) in [5.74, 6) is 1.31. The van der Waals surface area contributed by atoms with E-state index >= 15 is 0 Å². The lowest BCUT2D eigenvalue weighted by atomic mass is 9.96. The number of nitrogens with zero attached hydrogens (tertiary/aromatic N) is 2. The highest BCUT2D eigenvalue weighted by Gasteiger charge is 2.16. The number of hydrogen-bond donors (Lipinski definition) is 3. The molecule has 0 unspecified atom stereocenters. The maximum absolute atomic E-state index is 10.1. The second-order valence-electron chi connectivity index (χ2n) is 7.09. The number of nitrogens with one attached hydrogen (secondary N) is 2. The van der Waals surface area contributed by atoms with Gasteiger partial charge in [-0.15, -0.1) is 0 Å². The number of halogens is 1. The van der Waals surface area contributed by atoms with Gasteiger partial charge in [0.2, 0.25) is 5.95 Å². The Morgan fingerprint density at radius 2 is 1.71 bits per heavy atom. The van der Waals surface area contributed by atoms with Crippen LogP contribution in [0.15, 0.2) is 54.6 Å². The monoisotopic (exact) mass is 394 g/mol. The summed E-state index contributed by atoms with van der Waals surface area (Å²) in [5, 5.41) is 17.3. The first-order valence-electron chi connectivity index (χ1n) is 9.64. The Hall–Kier alpha value is -2.79. The van der Waals surface area contributed by atoms with Crippen molar-refractivity contribution in [3.63, 3.8) is 0 Å². The summed E-state index contributed by atoms with van der Waals surface area (Å²) in [5.41, 5.74) is 2.33. The number of aromatic hydroxyl groups is 1. The van der Waals surface area contributed by atoms with E-state index in [4.69, 9.17) is 16.6 Å². The number of anilines is 3. The normalized spacial score (nSPS) is 14.6. The lowest BCUT2D eigenvalue weighted by Gasteiger charge is -2.23. The van der Waals surface area contributed by atoms with Crippen molar-refractivity contribution >= 4 is 29.1 Å². The topological polar surface area (TPSA) is 70.1 Å². The van der Waals surface area contributed by atoms with Crippen molar-refractivity contribution in [1.29, 1.82) is 0 Å². The predicted octanol–water partition coefficient (Wildman–Crippen LogP) is 5.99. The van der Waals surface area contributed by atoms with Crippen LogP contribution in [0.5, 0.6) is 5.75 Å². The number of benzene rings is 2. The van der Waals surface area contributed by atoms with Gasteiger partial charge in [0, 0.05) is 22.7 Å². The molecule has 1 aromatic heterocycles. The maximum atomic E-state index is 10.1. The highest BCUT2D eigenvalue weighted by atomic mass is 35.5. The van der Waals surface area contributed by atoms with Crippen molar-refractivity contribution in [3.8, 4) is 17.0 Å². The highest BCUT2D eigenvalue weighted by Crippen LogP contribution is 2.31. The van der Waals surface area contributed by atoms with Gasteiger partial charge < -0.3 is 15.7 Å². The second-order valence-corrected chi connectivity index (χ2v) is 7.53. The fraction of sp³-hybridized carbons (Fsp3) is 0.273. The van der Waals surface area contributed by atoms with Gasteiger partial charge in [0.15, 0.2) is 0 Å². The minimum Gasteiger partial charge on any atom is -0.506 e. The average Bonchev–Trinajstić information content (AvgIpc) is 2.72. The third kappa shape index (κ3) is 4.54. The van der Waals surface area contributed by atoms with Crippen molar-refractivity contribution < 1.29 is 5.11 Å². The standard InChI is InChI=1S/C22H23ClN4O/c23-16-11-12-20(28)19(13-16)25-21-14-18(15-7-3-1-4-8-15)26-22(27-21)24-17-9-5-2-6-10-17/h1,3-4,7-8,11-14,17,28H,2,5-6,9-10H2,(H2,24,25,26,27). The van der Waals surface area contributed by atoms with Gasteiger partial charge in [-0.25, -0.2) is 4.98 Å². The van der Waals surface area contributed by atoms with Gasteiger partial charge in [0.05, 0.1) is 11.4 Å². The fourth-order valence-corrected chi connectivity index (χ4v) is 3.68. The number of rotatable bonds is 5. The van der Waals surface area contributed by atoms with Crippen molar-refractivity contribution in [2.45, 2.75) is 38.1 Å². The van der Waals surface area contributed by atoms with Gasteiger partial charge in [-0.1, -0.05) is 61.2 Å². The highest BCUT2D eigenvalue weighted by molar-refractivity contribution is 6.31. The molecular formula is C22H23ClN4O. The van der Waals surface area contributed by atoms with E-state index in [1.807, 2.05) is 36.4 Å². The molecule has 1 heterocycles. The number of hydrogen-bond acceptors (Lipinski definition) is 5. The van der Waals surface area contributed by atoms with Crippen LogP contribution >= 0.6 is 11.6 Å². The molecule has 28 heavy (non-hydrogen) atoms. The maximum Gasteiger partial charge on any atom is 0.225 e. The molecule has 1 fully saturated rings. The quantitative estimate of drug-likeness (QED) is 0.463. The Morgan fingerprint density at radius 1 is 0.929 bits per heavy atom. The van der Waals surface area contributed by atoms with Crippen LogP contribution in [0, 0.1) is 0 Å². The van der Waals surface area contributed by atoms with E-state index in [2.05, 4.69) is 15.6 Å². The van der Waals surface area contributed by atoms with E-state index in [1.165, 1.54) is 19.3 Å². The first-order valence-corrected chi connectivity index (χ1v) is 10.0. The van der Waals surface area contributed by atoms with Crippen molar-refractivity contribution in [2.75, 3.05) is 10.6 Å². The van der Waals surface area contributed by atoms with Gasteiger partial charge in [-0.3, -0.25) is 0 Å². The van der Waals surface area contributed by atoms with Crippen molar-refractivity contribution in [2.24, 2.45) is 0 Å². The lowest BCUT2D eigenvalue weighted by molar-refractivity contribution is 0.461. The number of aromatic nitrogens is 2. The molecule has 0 bridgehead atoms. The molecule has 0 spiro atoms. The fourth-order valence-electron chi connectivity index (χ4n) is 3.51. The number of phenolic OH excluding ortho intramolecular Hbond substituents is 1. The van der Waals surface area contributed by atoms with Gasteiger partial charge in [-0.2, -0.15) is 4.98 Å². The largest absolute Gasteiger partial charge is 0.506 e. The van der Waals surface area contributed by atoms with E-state index in [9.17, 15) is 5.11 Å². The molecular weight excluding hydrogens is 372 g/mol. The van der Waals surface area contributed by atoms with Crippen molar-refractivity contribution in [3.05, 3.63) is 59.6 Å². The Kier molecular flexibility index (Phi) is 5.63. The van der Waals surface area contributed by atoms with Crippen LogP contribution < -0.4 is 10.6 Å². The summed E-state index contributed by atoms with van der Waals surface area (Å²) in [6.07, 6.45) is 6.03. The van der Waals surface area contributed by atoms with Crippen LogP contribution in [0.3, 0.4) is 0 Å². The first kappa shape index (κ1) is 18.6. The Balaban J connectivity index is 1.67. The van der Waals surface area contributed by atoms with Crippen molar-refractivity contribution in [1.82, 2.24) is 9.97 Å². The SMILES string of the molecule is Oc1ccc(Cl)cc1Nc1cc(-c2ccccc2)nc(NC2CCCCC2)n1. The predicted molar refractivity (Wildman–Crippen MR) is 114 cm³/mol. The van der Waals surface area contributed by atoms with Crippen LogP contribution in [0.4, 0.5) is 17.5 Å². The van der Waals surface area contributed by atoms with E-state index < -0.39 is 0 Å². The van der Waals surface area contributed by atoms with Gasteiger partial charge in [0.1, 0.15) is 11.6 Å². The molecule has 4 rings (SSSR count). The van der Waals surface area contributed by atoms with Gasteiger partial charge in [0.25, 0.3) is 0 Å². The molecule has 0 aliphatic heterocycles. The molecule has 1 saturated carbocycles. The molecule has 0 saturated heterocycles. The van der Waals surface area contributed by atoms with Crippen LogP contribution in [0.2, 0.25) is 5.02 Å². The van der Waals surface area contributed by atoms with E-state index in [1.54, 1.807) is 18.2 Å². The van der Waals surface area contributed by atoms with E-state index in [-0.39, 0.29) is 5.75 Å². The Bertz CT molecular complexity index is 943. The summed E-state index contributed by atoms with van der Waals surface area (Å²) < 4.78 is 0. The van der Waals surface area contributed by atoms with Gasteiger partial charge in [-0.05, 0) is 31.0 Å². The van der Waals surface area contributed by atoms with Gasteiger partial charge >= 0.3 is 0 Å². The van der Waals surface area contributed by atoms with Crippen LogP contribution in [0.25, 0.3) is 11.3 Å². The summed E-state index contributed by atoms with van der Waals surface area (Å²) in [7, 11) is 0. The molecule has 0 radical (unpaired) electrons. The molecule has 5 nitrogen and oxygen atoms in total. The lowest BCUT2D eigenvalue weighted by Crippen LogP contribution is -2.23. The molecule has 3 aromatic rings. The Morgan fingerprint density at radius 3 is 2.50 bits per heavy atom. The molecule has 0 amide bonds. The number of phenols is 1. The van der Waals surface area contributed by atoms with E-state index in [0.717, 1.165) is 24.1 Å². The third-order valence-corrected chi connectivity index (χ3v) is 5.19. The zero-order chi connectivity index (χ0) is 19.3. The molecule has 144 valence electrons. The van der Waals surface area contributed by atoms with Crippen LogP contribution in [0.1, 0.15) is 32.1 Å². The minimum atomic E-state index is 0.117. The third-order valence-electron chi connectivity index (χ3n) is 4.96. The molecule has 3 N–H and O–H groups in total. The Labute approximate surface area is 169 Å². The smallest absolute Gasteiger partial charge is 0.225 e. The van der Waals surface area contributed by atoms with Crippen LogP contribution in [-0.4, -0.2) is 21.1 Å². The average molecular weight is 395 g/mol. The minimum absolute atomic E-state index is 0.117. The zero-order valence-electron chi connectivity index (χ0n) is 15.5. The molecule has 0 atom stereocenters. The summed E-state index contributed by atoms with van der Waals surface area (Å²) in [6.45, 7) is 0. The molecule has 1 aliphatic rings. The van der Waals surface area contributed by atoms with E-state index in [0.29, 0.717) is 28.5 Å². The molecule has 1 aliphatic carbocycles. The first-order chi connectivity index (χ1) is 13.7. The zero-order valence-corrected chi connectivity index (χ0v) is 16.3.